The van der Waals surface area contributed by atoms with Crippen LogP contribution in [0.3, 0.4) is 0 Å². The predicted octanol–water partition coefficient (Wildman–Crippen LogP) is 2.69. The molecule has 0 bridgehead atoms. The van der Waals surface area contributed by atoms with Crippen LogP contribution in [0, 0.1) is 7.14 Å². The molecule has 0 saturated carbocycles. The van der Waals surface area contributed by atoms with E-state index in [1.807, 2.05) is 24.3 Å². The lowest BCUT2D eigenvalue weighted by Gasteiger charge is -2.11. The van der Waals surface area contributed by atoms with Crippen molar-refractivity contribution in [3.63, 3.8) is 0 Å². The molecule has 0 fully saturated rings. The molecule has 0 aromatic heterocycles. The lowest BCUT2D eigenvalue weighted by molar-refractivity contribution is -0.0268. The van der Waals surface area contributed by atoms with Crippen LogP contribution in [0.4, 0.5) is 0 Å². The van der Waals surface area contributed by atoms with Gasteiger partial charge in [0.2, 0.25) is 0 Å². The maximum atomic E-state index is 11.1. The lowest BCUT2D eigenvalue weighted by Crippen LogP contribution is -2.26. The fourth-order valence-electron chi connectivity index (χ4n) is 2.19. The third kappa shape index (κ3) is 9.89. The van der Waals surface area contributed by atoms with Gasteiger partial charge in [0, 0.05) is 0 Å². The third-order valence-corrected chi connectivity index (χ3v) is 5.74. The van der Waals surface area contributed by atoms with E-state index in [1.165, 1.54) is 13.2 Å². The van der Waals surface area contributed by atoms with Crippen LogP contribution in [0.1, 0.15) is 11.1 Å². The van der Waals surface area contributed by atoms with Gasteiger partial charge in [-0.3, -0.25) is 9.79 Å². The maximum absolute atomic E-state index is 11.1. The molecule has 13 heteroatoms. The SMILES string of the molecule is COc1ccc(/C=C\c2cc(I)c(OC)c(I)c2)cc1OP(=O)(O)O.OCN(CO)CO. The van der Waals surface area contributed by atoms with E-state index in [4.69, 9.17) is 34.6 Å². The number of phosphoric ester groups is 1. The van der Waals surface area contributed by atoms with Gasteiger partial charge in [-0.15, -0.1) is 0 Å². The van der Waals surface area contributed by atoms with E-state index >= 15 is 0 Å². The number of phosphoric acid groups is 1. The first-order valence-electron chi connectivity index (χ1n) is 8.77. The van der Waals surface area contributed by atoms with Crippen LogP contribution < -0.4 is 14.0 Å². The first-order valence-corrected chi connectivity index (χ1v) is 12.5. The van der Waals surface area contributed by atoms with Crippen molar-refractivity contribution in [2.45, 2.75) is 0 Å². The Kier molecular flexibility index (Phi) is 13.0. The zero-order valence-electron chi connectivity index (χ0n) is 17.2. The molecule has 0 saturated heterocycles. The minimum absolute atomic E-state index is 0.0168. The number of hydrogen-bond donors (Lipinski definition) is 5. The number of halogens is 2. The van der Waals surface area contributed by atoms with Crippen LogP contribution in [0.15, 0.2) is 30.3 Å². The van der Waals surface area contributed by atoms with Crippen molar-refractivity contribution in [1.29, 1.82) is 0 Å². The van der Waals surface area contributed by atoms with Crippen LogP contribution in [0.5, 0.6) is 17.2 Å². The third-order valence-electron chi connectivity index (χ3n) is 3.70. The lowest BCUT2D eigenvalue weighted by atomic mass is 10.1. The largest absolute Gasteiger partial charge is 0.524 e. The Morgan fingerprint density at radius 2 is 1.41 bits per heavy atom. The molecule has 0 amide bonds. The summed E-state index contributed by atoms with van der Waals surface area (Å²) in [6.45, 7) is -0.938. The van der Waals surface area contributed by atoms with Crippen molar-refractivity contribution in [1.82, 2.24) is 4.90 Å². The molecule has 0 heterocycles. The second kappa shape index (κ2) is 14.3. The predicted molar refractivity (Wildman–Crippen MR) is 136 cm³/mol. The Morgan fingerprint density at radius 1 is 0.875 bits per heavy atom. The summed E-state index contributed by atoms with van der Waals surface area (Å²) < 4.78 is 28.1. The van der Waals surface area contributed by atoms with Gasteiger partial charge in [0.25, 0.3) is 0 Å². The van der Waals surface area contributed by atoms with Gasteiger partial charge in [0.1, 0.15) is 5.75 Å². The minimum Gasteiger partial charge on any atom is -0.495 e. The number of hydrogen-bond acceptors (Lipinski definition) is 8. The van der Waals surface area contributed by atoms with Crippen LogP contribution in [0.2, 0.25) is 0 Å². The Labute approximate surface area is 213 Å². The van der Waals surface area contributed by atoms with E-state index in [-0.39, 0.29) is 31.7 Å². The fraction of sp³-hybridized carbons (Fsp3) is 0.263. The molecule has 0 atom stereocenters. The van der Waals surface area contributed by atoms with Gasteiger partial charge >= 0.3 is 7.82 Å². The number of methoxy groups -OCH3 is 2. The topological polar surface area (TPSA) is 149 Å². The van der Waals surface area contributed by atoms with Gasteiger partial charge in [-0.25, -0.2) is 9.46 Å². The number of ether oxygens (including phenoxy) is 2. The van der Waals surface area contributed by atoms with Crippen molar-refractivity contribution >= 4 is 65.2 Å². The Morgan fingerprint density at radius 3 is 1.81 bits per heavy atom. The van der Waals surface area contributed by atoms with Crippen LogP contribution in [0.25, 0.3) is 12.2 Å². The molecule has 0 unspecified atom stereocenters. The molecule has 0 aliphatic rings. The Balaban J connectivity index is 0.000000633. The van der Waals surface area contributed by atoms with E-state index in [1.54, 1.807) is 19.2 Å². The van der Waals surface area contributed by atoms with Crippen molar-refractivity contribution in [3.05, 3.63) is 48.6 Å². The summed E-state index contributed by atoms with van der Waals surface area (Å²) in [5.74, 6) is 1.06. The zero-order valence-corrected chi connectivity index (χ0v) is 22.4. The zero-order chi connectivity index (χ0) is 24.3. The summed E-state index contributed by atoms with van der Waals surface area (Å²) in [6.07, 6.45) is 3.72. The summed E-state index contributed by atoms with van der Waals surface area (Å²) in [4.78, 5) is 19.0. The normalized spacial score (nSPS) is 11.3. The van der Waals surface area contributed by atoms with Gasteiger partial charge in [-0.2, -0.15) is 0 Å². The van der Waals surface area contributed by atoms with Crippen molar-refractivity contribution in [2.24, 2.45) is 0 Å². The Hall–Kier alpha value is -0.970. The molecular weight excluding hydrogens is 671 g/mol. The average molecular weight is 695 g/mol. The monoisotopic (exact) mass is 695 g/mol. The molecule has 2 rings (SSSR count). The summed E-state index contributed by atoms with van der Waals surface area (Å²) >= 11 is 4.42. The minimum atomic E-state index is -4.67. The van der Waals surface area contributed by atoms with Crippen molar-refractivity contribution in [2.75, 3.05) is 34.4 Å². The molecule has 10 nitrogen and oxygen atoms in total. The average Bonchev–Trinajstić information content (AvgIpc) is 2.73. The highest BCUT2D eigenvalue weighted by Gasteiger charge is 2.19. The van der Waals surface area contributed by atoms with Gasteiger partial charge in [-0.05, 0) is 80.6 Å². The molecule has 32 heavy (non-hydrogen) atoms. The molecule has 5 N–H and O–H groups in total. The summed E-state index contributed by atoms with van der Waals surface area (Å²) in [5.41, 5.74) is 1.69. The van der Waals surface area contributed by atoms with Crippen LogP contribution >= 0.6 is 53.0 Å². The second-order valence-corrected chi connectivity index (χ2v) is 9.43. The van der Waals surface area contributed by atoms with Gasteiger partial charge in [0.15, 0.2) is 11.5 Å². The van der Waals surface area contributed by atoms with E-state index < -0.39 is 7.82 Å². The summed E-state index contributed by atoms with van der Waals surface area (Å²) in [7, 11) is -1.63. The van der Waals surface area contributed by atoms with E-state index in [2.05, 4.69) is 49.7 Å². The number of benzene rings is 2. The van der Waals surface area contributed by atoms with E-state index in [0.717, 1.165) is 23.4 Å². The standard InChI is InChI=1S/C16H15I2O6P.C3H9NO3/c1-22-14-6-5-10(9-15(14)24-25(19,20)21)3-4-11-7-12(17)16(23-2)13(18)8-11;5-1-4(2-6)3-7/h3-9H,1-2H3,(H2,19,20,21);5-7H,1-3H2/b4-3-;. The number of rotatable bonds is 9. The van der Waals surface area contributed by atoms with Gasteiger partial charge < -0.3 is 29.3 Å². The van der Waals surface area contributed by atoms with Crippen molar-refractivity contribution in [3.8, 4) is 17.2 Å². The van der Waals surface area contributed by atoms with Crippen molar-refractivity contribution < 1.29 is 43.7 Å². The van der Waals surface area contributed by atoms with Crippen LogP contribution in [-0.4, -0.2) is 64.4 Å². The molecule has 178 valence electrons. The molecule has 0 aliphatic heterocycles. The fourth-order valence-corrected chi connectivity index (χ4v) is 4.85. The second-order valence-electron chi connectivity index (χ2n) is 5.94. The number of aliphatic hydroxyl groups is 3. The number of nitrogens with zero attached hydrogens (tertiary/aromatic N) is 1. The highest BCUT2D eigenvalue weighted by atomic mass is 127. The molecule has 2 aromatic rings. The number of aliphatic hydroxyl groups excluding tert-OH is 3. The molecular formula is C19H24I2NO9P. The van der Waals surface area contributed by atoms with Gasteiger partial charge in [-0.1, -0.05) is 18.2 Å². The first-order chi connectivity index (χ1) is 15.1. The highest BCUT2D eigenvalue weighted by Crippen LogP contribution is 2.42. The molecule has 0 radical (unpaired) electrons. The molecule has 0 aliphatic carbocycles. The summed E-state index contributed by atoms with van der Waals surface area (Å²) in [6, 6.07) is 8.82. The molecule has 2 aromatic carbocycles. The van der Waals surface area contributed by atoms with E-state index in [0.29, 0.717) is 5.56 Å². The van der Waals surface area contributed by atoms with E-state index in [9.17, 15) is 4.57 Å². The Bertz CT molecular complexity index is 920. The maximum Gasteiger partial charge on any atom is 0.524 e. The smallest absolute Gasteiger partial charge is 0.495 e. The van der Waals surface area contributed by atoms with Gasteiger partial charge in [0.05, 0.1) is 41.6 Å². The summed E-state index contributed by atoms with van der Waals surface area (Å²) in [5, 5.41) is 24.4. The first kappa shape index (κ1) is 29.1. The highest BCUT2D eigenvalue weighted by molar-refractivity contribution is 14.1. The van der Waals surface area contributed by atoms with Crippen LogP contribution in [-0.2, 0) is 4.57 Å². The quantitative estimate of drug-likeness (QED) is 0.115. The molecule has 0 spiro atoms.